The van der Waals surface area contributed by atoms with Crippen LogP contribution >= 0.6 is 0 Å². The third-order valence-electron chi connectivity index (χ3n) is 5.49. The molecule has 146 valence electrons. The Morgan fingerprint density at radius 2 is 1.61 bits per heavy atom. The van der Waals surface area contributed by atoms with Gasteiger partial charge in [0.15, 0.2) is 0 Å². The van der Waals surface area contributed by atoms with Gasteiger partial charge in [0.25, 0.3) is 5.91 Å². The highest BCUT2D eigenvalue weighted by Gasteiger charge is 2.33. The van der Waals surface area contributed by atoms with Crippen LogP contribution in [0.25, 0.3) is 0 Å². The van der Waals surface area contributed by atoms with Gasteiger partial charge in [-0.3, -0.25) is 4.79 Å². The van der Waals surface area contributed by atoms with Gasteiger partial charge in [-0.05, 0) is 29.9 Å². The summed E-state index contributed by atoms with van der Waals surface area (Å²) in [5, 5.41) is 7.36. The number of nitrogens with zero attached hydrogens (tertiary/aromatic N) is 1. The van der Waals surface area contributed by atoms with Crippen LogP contribution in [-0.4, -0.2) is 37.5 Å². The summed E-state index contributed by atoms with van der Waals surface area (Å²) in [6.07, 6.45) is 1.95. The van der Waals surface area contributed by atoms with Gasteiger partial charge in [-0.15, -0.1) is 0 Å². The molecule has 5 nitrogen and oxygen atoms in total. The van der Waals surface area contributed by atoms with Crippen molar-refractivity contribution in [2.24, 2.45) is 11.1 Å². The first-order valence-electron chi connectivity index (χ1n) is 9.99. The quantitative estimate of drug-likeness (QED) is 0.837. The van der Waals surface area contributed by atoms with Gasteiger partial charge in [-0.1, -0.05) is 65.8 Å². The van der Waals surface area contributed by atoms with Crippen LogP contribution in [0.15, 0.2) is 65.8 Å². The van der Waals surface area contributed by atoms with Gasteiger partial charge < -0.3 is 14.9 Å². The Kier molecular flexibility index (Phi) is 6.02. The first kappa shape index (κ1) is 18.7. The topological polar surface area (TPSA) is 59.9 Å². The Balaban J connectivity index is 1.42. The minimum atomic E-state index is -0.551. The van der Waals surface area contributed by atoms with Crippen molar-refractivity contribution in [3.05, 3.63) is 71.8 Å². The molecule has 1 N–H and O–H groups in total. The lowest BCUT2D eigenvalue weighted by atomic mass is 9.85. The number of nitrogens with one attached hydrogen (secondary N) is 1. The lowest BCUT2D eigenvalue weighted by Gasteiger charge is -2.22. The number of benzene rings is 2. The minimum absolute atomic E-state index is 0.00399. The molecule has 0 radical (unpaired) electrons. The van der Waals surface area contributed by atoms with Crippen LogP contribution < -0.4 is 5.32 Å². The summed E-state index contributed by atoms with van der Waals surface area (Å²) < 4.78 is 5.38. The lowest BCUT2D eigenvalue weighted by Crippen LogP contribution is -2.39. The number of oxime groups is 1. The van der Waals surface area contributed by atoms with E-state index >= 15 is 0 Å². The summed E-state index contributed by atoms with van der Waals surface area (Å²) in [5.41, 5.74) is 3.20. The molecule has 0 aromatic heterocycles. The molecule has 0 bridgehead atoms. The van der Waals surface area contributed by atoms with Crippen LogP contribution in [-0.2, 0) is 14.4 Å². The zero-order valence-corrected chi connectivity index (χ0v) is 15.9. The monoisotopic (exact) mass is 378 g/mol. The maximum absolute atomic E-state index is 12.6. The van der Waals surface area contributed by atoms with E-state index in [4.69, 9.17) is 9.57 Å². The molecule has 1 atom stereocenters. The number of carbonyl (C=O) groups is 1. The maximum Gasteiger partial charge on any atom is 0.264 e. The van der Waals surface area contributed by atoms with E-state index in [1.807, 2.05) is 36.4 Å². The van der Waals surface area contributed by atoms with Gasteiger partial charge in [0.1, 0.15) is 0 Å². The molecule has 0 aliphatic carbocycles. The second-order valence-electron chi connectivity index (χ2n) is 7.44. The molecule has 5 heteroatoms. The van der Waals surface area contributed by atoms with E-state index in [9.17, 15) is 4.79 Å². The van der Waals surface area contributed by atoms with Gasteiger partial charge in [-0.2, -0.15) is 0 Å². The van der Waals surface area contributed by atoms with Crippen LogP contribution in [0.2, 0.25) is 0 Å². The number of hydrogen-bond acceptors (Lipinski definition) is 4. The van der Waals surface area contributed by atoms with Crippen molar-refractivity contribution in [2.75, 3.05) is 19.8 Å². The van der Waals surface area contributed by atoms with Gasteiger partial charge >= 0.3 is 0 Å². The van der Waals surface area contributed by atoms with Crippen molar-refractivity contribution < 1.29 is 14.4 Å². The zero-order chi connectivity index (χ0) is 19.2. The SMILES string of the molecule is O=C(NCC1CCOCC1)C1CC(C(c2ccccc2)c2ccccc2)=NO1. The van der Waals surface area contributed by atoms with Gasteiger partial charge in [0, 0.05) is 26.2 Å². The Hall–Kier alpha value is -2.66. The molecular formula is C23H26N2O3. The number of carbonyl (C=O) groups excluding carboxylic acids is 1. The lowest BCUT2D eigenvalue weighted by molar-refractivity contribution is -0.131. The molecule has 1 amide bonds. The summed E-state index contributed by atoms with van der Waals surface area (Å²) in [6, 6.07) is 20.5. The molecular weight excluding hydrogens is 352 g/mol. The molecule has 1 unspecified atom stereocenters. The van der Waals surface area contributed by atoms with E-state index in [1.165, 1.54) is 0 Å². The third kappa shape index (κ3) is 4.42. The zero-order valence-electron chi connectivity index (χ0n) is 15.9. The van der Waals surface area contributed by atoms with Crippen LogP contribution in [0.3, 0.4) is 0 Å². The Morgan fingerprint density at radius 3 is 2.21 bits per heavy atom. The highest BCUT2D eigenvalue weighted by molar-refractivity contribution is 5.98. The van der Waals surface area contributed by atoms with Gasteiger partial charge in [0.05, 0.1) is 11.6 Å². The molecule has 0 saturated carbocycles. The van der Waals surface area contributed by atoms with Crippen LogP contribution in [0.5, 0.6) is 0 Å². The summed E-state index contributed by atoms with van der Waals surface area (Å²) in [5.74, 6) is 0.404. The van der Waals surface area contributed by atoms with Crippen molar-refractivity contribution in [1.82, 2.24) is 5.32 Å². The molecule has 1 saturated heterocycles. The molecule has 2 aromatic rings. The van der Waals surface area contributed by atoms with Crippen LogP contribution in [0.1, 0.15) is 36.3 Å². The highest BCUT2D eigenvalue weighted by atomic mass is 16.6. The fraction of sp³-hybridized carbons (Fsp3) is 0.391. The van der Waals surface area contributed by atoms with Gasteiger partial charge in [-0.25, -0.2) is 0 Å². The first-order chi connectivity index (χ1) is 13.8. The van der Waals surface area contributed by atoms with Crippen LogP contribution in [0, 0.1) is 5.92 Å². The molecule has 2 aliphatic heterocycles. The number of hydrogen-bond donors (Lipinski definition) is 1. The minimum Gasteiger partial charge on any atom is -0.382 e. The van der Waals surface area contributed by atoms with Crippen molar-refractivity contribution in [1.29, 1.82) is 0 Å². The summed E-state index contributed by atoms with van der Waals surface area (Å²) in [7, 11) is 0. The normalized spacial score (nSPS) is 19.9. The molecule has 2 aromatic carbocycles. The molecule has 1 fully saturated rings. The van der Waals surface area contributed by atoms with Crippen molar-refractivity contribution in [2.45, 2.75) is 31.3 Å². The maximum atomic E-state index is 12.6. The van der Waals surface area contributed by atoms with E-state index < -0.39 is 6.10 Å². The van der Waals surface area contributed by atoms with E-state index in [0.717, 1.165) is 42.9 Å². The molecule has 28 heavy (non-hydrogen) atoms. The summed E-state index contributed by atoms with van der Waals surface area (Å²) >= 11 is 0. The largest absolute Gasteiger partial charge is 0.382 e. The summed E-state index contributed by atoms with van der Waals surface area (Å²) in [6.45, 7) is 2.24. The standard InChI is InChI=1S/C23H26N2O3/c26-23(24-16-17-11-13-27-14-12-17)21-15-20(25-28-21)22(18-7-3-1-4-8-18)19-9-5-2-6-10-19/h1-10,17,21-22H,11-16H2,(H,24,26). The highest BCUT2D eigenvalue weighted by Crippen LogP contribution is 2.31. The van der Waals surface area contributed by atoms with E-state index in [-0.39, 0.29) is 11.8 Å². The average molecular weight is 378 g/mol. The third-order valence-corrected chi connectivity index (χ3v) is 5.49. The molecule has 2 heterocycles. The van der Waals surface area contributed by atoms with Crippen molar-refractivity contribution in [3.8, 4) is 0 Å². The predicted molar refractivity (Wildman–Crippen MR) is 108 cm³/mol. The van der Waals surface area contributed by atoms with Crippen LogP contribution in [0.4, 0.5) is 0 Å². The van der Waals surface area contributed by atoms with E-state index in [1.54, 1.807) is 0 Å². The van der Waals surface area contributed by atoms with Crippen molar-refractivity contribution in [3.63, 3.8) is 0 Å². The number of amides is 1. The average Bonchev–Trinajstić information content (AvgIpc) is 3.24. The molecule has 0 spiro atoms. The Morgan fingerprint density at radius 1 is 1.00 bits per heavy atom. The fourth-order valence-electron chi connectivity index (χ4n) is 3.88. The summed E-state index contributed by atoms with van der Waals surface area (Å²) in [4.78, 5) is 18.1. The fourth-order valence-corrected chi connectivity index (χ4v) is 3.88. The molecule has 2 aliphatic rings. The smallest absolute Gasteiger partial charge is 0.264 e. The molecule has 4 rings (SSSR count). The second-order valence-corrected chi connectivity index (χ2v) is 7.44. The first-order valence-corrected chi connectivity index (χ1v) is 9.99. The Labute approximate surface area is 165 Å². The van der Waals surface area contributed by atoms with E-state index in [2.05, 4.69) is 34.7 Å². The van der Waals surface area contributed by atoms with E-state index in [0.29, 0.717) is 18.9 Å². The van der Waals surface area contributed by atoms with Crippen molar-refractivity contribution >= 4 is 11.6 Å². The second kappa shape index (κ2) is 9.02. The Bertz CT molecular complexity index is 762. The number of ether oxygens (including phenoxy) is 1. The number of rotatable bonds is 6. The van der Waals surface area contributed by atoms with Gasteiger partial charge in [0.2, 0.25) is 6.10 Å². The predicted octanol–water partition coefficient (Wildman–Crippen LogP) is 3.51.